The summed E-state index contributed by atoms with van der Waals surface area (Å²) in [6, 6.07) is 0.765. The molecule has 1 saturated heterocycles. The summed E-state index contributed by atoms with van der Waals surface area (Å²) in [7, 11) is 2.15. The van der Waals surface area contributed by atoms with Crippen molar-refractivity contribution < 1.29 is 0 Å². The molecule has 2 atom stereocenters. The van der Waals surface area contributed by atoms with E-state index in [1.165, 1.54) is 58.2 Å². The number of rotatable bonds is 3. The normalized spacial score (nSPS) is 34.8. The van der Waals surface area contributed by atoms with Gasteiger partial charge in [-0.2, -0.15) is 0 Å². The Morgan fingerprint density at radius 2 is 1.94 bits per heavy atom. The van der Waals surface area contributed by atoms with Gasteiger partial charge in [0.05, 0.1) is 0 Å². The average Bonchev–Trinajstić information content (AvgIpc) is 2.50. The van der Waals surface area contributed by atoms with Crippen LogP contribution in [0.3, 0.4) is 0 Å². The van der Waals surface area contributed by atoms with Crippen molar-refractivity contribution in [3.8, 4) is 0 Å². The zero-order chi connectivity index (χ0) is 12.3. The maximum Gasteiger partial charge on any atom is 0.0104 e. The first-order valence-electron chi connectivity index (χ1n) is 7.50. The first-order chi connectivity index (χ1) is 8.11. The zero-order valence-electron chi connectivity index (χ0n) is 12.0. The Bertz CT molecular complexity index is 237. The van der Waals surface area contributed by atoms with Gasteiger partial charge >= 0.3 is 0 Å². The summed E-state index contributed by atoms with van der Waals surface area (Å²) < 4.78 is 0. The number of hydrogen-bond acceptors (Lipinski definition) is 2. The molecular weight excluding hydrogens is 208 g/mol. The molecule has 0 bridgehead atoms. The molecule has 100 valence electrons. The number of likely N-dealkylation sites (tertiary alicyclic amines) is 1. The molecule has 2 heteroatoms. The molecular formula is C15H30N2. The molecule has 2 fully saturated rings. The SMILES string of the molecule is CNC1CCCCCC1CN1CCC(C)(C)C1. The number of hydrogen-bond donors (Lipinski definition) is 1. The Labute approximate surface area is 107 Å². The summed E-state index contributed by atoms with van der Waals surface area (Å²) in [4.78, 5) is 2.71. The minimum absolute atomic E-state index is 0.555. The van der Waals surface area contributed by atoms with Crippen molar-refractivity contribution in [2.24, 2.45) is 11.3 Å². The van der Waals surface area contributed by atoms with E-state index >= 15 is 0 Å². The van der Waals surface area contributed by atoms with Gasteiger partial charge in [-0.3, -0.25) is 0 Å². The van der Waals surface area contributed by atoms with Crippen LogP contribution < -0.4 is 5.32 Å². The molecule has 2 rings (SSSR count). The molecule has 17 heavy (non-hydrogen) atoms. The molecule has 0 amide bonds. The highest BCUT2D eigenvalue weighted by Crippen LogP contribution is 2.31. The van der Waals surface area contributed by atoms with Crippen LogP contribution in [0.5, 0.6) is 0 Å². The fourth-order valence-electron chi connectivity index (χ4n) is 3.69. The van der Waals surface area contributed by atoms with Gasteiger partial charge in [0, 0.05) is 19.1 Å². The van der Waals surface area contributed by atoms with E-state index in [1.54, 1.807) is 0 Å². The van der Waals surface area contributed by atoms with Crippen LogP contribution in [-0.4, -0.2) is 37.6 Å². The molecule has 0 aromatic rings. The second-order valence-electron chi connectivity index (χ2n) is 6.94. The molecule has 0 aromatic heterocycles. The predicted molar refractivity (Wildman–Crippen MR) is 74.3 cm³/mol. The minimum atomic E-state index is 0.555. The first-order valence-corrected chi connectivity index (χ1v) is 7.50. The quantitative estimate of drug-likeness (QED) is 0.761. The molecule has 1 heterocycles. The van der Waals surface area contributed by atoms with Gasteiger partial charge in [-0.05, 0) is 44.2 Å². The van der Waals surface area contributed by atoms with Crippen molar-refractivity contribution in [1.82, 2.24) is 10.2 Å². The predicted octanol–water partition coefficient (Wildman–Crippen LogP) is 2.89. The van der Waals surface area contributed by atoms with Crippen LogP contribution >= 0.6 is 0 Å². The lowest BCUT2D eigenvalue weighted by Crippen LogP contribution is -2.40. The van der Waals surface area contributed by atoms with Crippen LogP contribution in [0.25, 0.3) is 0 Å². The first kappa shape index (κ1) is 13.4. The van der Waals surface area contributed by atoms with Gasteiger partial charge in [-0.25, -0.2) is 0 Å². The Kier molecular flexibility index (Phi) is 4.48. The number of nitrogens with one attached hydrogen (secondary N) is 1. The van der Waals surface area contributed by atoms with E-state index in [-0.39, 0.29) is 0 Å². The van der Waals surface area contributed by atoms with Gasteiger partial charge in [-0.1, -0.05) is 33.1 Å². The summed E-state index contributed by atoms with van der Waals surface area (Å²) in [5.74, 6) is 0.886. The average molecular weight is 238 g/mol. The fraction of sp³-hybridized carbons (Fsp3) is 1.00. The zero-order valence-corrected chi connectivity index (χ0v) is 12.0. The topological polar surface area (TPSA) is 15.3 Å². The fourth-order valence-corrected chi connectivity index (χ4v) is 3.69. The lowest BCUT2D eigenvalue weighted by atomic mass is 9.92. The largest absolute Gasteiger partial charge is 0.317 e. The summed E-state index contributed by atoms with van der Waals surface area (Å²) in [5, 5.41) is 3.56. The molecule has 0 aromatic carbocycles. The molecule has 1 N–H and O–H groups in total. The highest BCUT2D eigenvalue weighted by atomic mass is 15.2. The van der Waals surface area contributed by atoms with Crippen molar-refractivity contribution in [2.45, 2.75) is 58.4 Å². The second-order valence-corrected chi connectivity index (χ2v) is 6.94. The van der Waals surface area contributed by atoms with E-state index in [0.717, 1.165) is 12.0 Å². The summed E-state index contributed by atoms with van der Waals surface area (Å²) in [5.41, 5.74) is 0.555. The standard InChI is InChI=1S/C15H30N2/c1-15(2)9-10-17(12-15)11-13-7-5-4-6-8-14(13)16-3/h13-14,16H,4-12H2,1-3H3. The third-order valence-electron chi connectivity index (χ3n) is 4.78. The Balaban J connectivity index is 1.87. The van der Waals surface area contributed by atoms with Crippen molar-refractivity contribution in [2.75, 3.05) is 26.7 Å². The van der Waals surface area contributed by atoms with E-state index in [4.69, 9.17) is 0 Å². The molecule has 0 spiro atoms. The van der Waals surface area contributed by atoms with Crippen molar-refractivity contribution >= 4 is 0 Å². The molecule has 0 radical (unpaired) electrons. The van der Waals surface area contributed by atoms with Gasteiger partial charge in [0.2, 0.25) is 0 Å². The molecule has 2 aliphatic rings. The van der Waals surface area contributed by atoms with Crippen LogP contribution in [0.4, 0.5) is 0 Å². The van der Waals surface area contributed by atoms with Crippen LogP contribution in [0.1, 0.15) is 52.4 Å². The monoisotopic (exact) mass is 238 g/mol. The van der Waals surface area contributed by atoms with E-state index in [2.05, 4.69) is 31.1 Å². The van der Waals surface area contributed by atoms with Gasteiger partial charge in [0.15, 0.2) is 0 Å². The van der Waals surface area contributed by atoms with Crippen LogP contribution in [0.15, 0.2) is 0 Å². The molecule has 1 saturated carbocycles. The maximum absolute atomic E-state index is 3.56. The highest BCUT2D eigenvalue weighted by molar-refractivity contribution is 4.87. The lowest BCUT2D eigenvalue weighted by Gasteiger charge is -2.29. The molecule has 1 aliphatic carbocycles. The van der Waals surface area contributed by atoms with Crippen LogP contribution in [0, 0.1) is 11.3 Å². The van der Waals surface area contributed by atoms with Crippen molar-refractivity contribution in [3.05, 3.63) is 0 Å². The number of nitrogens with zero attached hydrogens (tertiary/aromatic N) is 1. The second kappa shape index (κ2) is 5.71. The molecule has 2 unspecified atom stereocenters. The summed E-state index contributed by atoms with van der Waals surface area (Å²) in [6.45, 7) is 8.78. The van der Waals surface area contributed by atoms with E-state index in [1.807, 2.05) is 0 Å². The van der Waals surface area contributed by atoms with Gasteiger partial charge in [0.25, 0.3) is 0 Å². The molecule has 2 nitrogen and oxygen atoms in total. The van der Waals surface area contributed by atoms with Crippen LogP contribution in [-0.2, 0) is 0 Å². The van der Waals surface area contributed by atoms with Gasteiger partial charge in [0.1, 0.15) is 0 Å². The Hall–Kier alpha value is -0.0800. The third kappa shape index (κ3) is 3.69. The van der Waals surface area contributed by atoms with Crippen molar-refractivity contribution in [3.63, 3.8) is 0 Å². The van der Waals surface area contributed by atoms with Crippen molar-refractivity contribution in [1.29, 1.82) is 0 Å². The highest BCUT2D eigenvalue weighted by Gasteiger charge is 2.32. The molecule has 1 aliphatic heterocycles. The Morgan fingerprint density at radius 1 is 1.18 bits per heavy atom. The van der Waals surface area contributed by atoms with Crippen LogP contribution in [0.2, 0.25) is 0 Å². The van der Waals surface area contributed by atoms with E-state index in [0.29, 0.717) is 5.41 Å². The third-order valence-corrected chi connectivity index (χ3v) is 4.78. The minimum Gasteiger partial charge on any atom is -0.317 e. The van der Waals surface area contributed by atoms with Gasteiger partial charge < -0.3 is 10.2 Å². The smallest absolute Gasteiger partial charge is 0.0104 e. The summed E-state index contributed by atoms with van der Waals surface area (Å²) in [6.07, 6.45) is 8.51. The maximum atomic E-state index is 3.56. The van der Waals surface area contributed by atoms with E-state index in [9.17, 15) is 0 Å². The summed E-state index contributed by atoms with van der Waals surface area (Å²) >= 11 is 0. The van der Waals surface area contributed by atoms with E-state index < -0.39 is 0 Å². The Morgan fingerprint density at radius 3 is 2.59 bits per heavy atom. The lowest BCUT2D eigenvalue weighted by molar-refractivity contribution is 0.212. The van der Waals surface area contributed by atoms with Gasteiger partial charge in [-0.15, -0.1) is 0 Å².